The lowest BCUT2D eigenvalue weighted by molar-refractivity contribution is -0.145. The number of benzene rings is 1. The van der Waals surface area contributed by atoms with Crippen LogP contribution in [0, 0.1) is 6.92 Å². The van der Waals surface area contributed by atoms with Crippen LogP contribution in [0.4, 0.5) is 0 Å². The van der Waals surface area contributed by atoms with E-state index in [1.807, 2.05) is 19.1 Å². The number of carbonyl (C=O) groups excluding carboxylic acids is 1. The van der Waals surface area contributed by atoms with Gasteiger partial charge in [-0.1, -0.05) is 62.9 Å². The topological polar surface area (TPSA) is 38.8 Å². The van der Waals surface area contributed by atoms with E-state index in [-0.39, 0.29) is 5.97 Å². The molecule has 1 saturated heterocycles. The lowest BCUT2D eigenvalue weighted by Crippen LogP contribution is -2.21. The van der Waals surface area contributed by atoms with Crippen LogP contribution in [0.3, 0.4) is 0 Å². The van der Waals surface area contributed by atoms with Crippen molar-refractivity contribution in [3.63, 3.8) is 0 Å². The predicted molar refractivity (Wildman–Crippen MR) is 83.1 cm³/mol. The molecule has 0 bridgehead atoms. The zero-order valence-electron chi connectivity index (χ0n) is 13.4. The zero-order valence-corrected chi connectivity index (χ0v) is 13.4. The van der Waals surface area contributed by atoms with Gasteiger partial charge in [-0.2, -0.15) is 0 Å². The lowest BCUT2D eigenvalue weighted by atomic mass is 9.92. The van der Waals surface area contributed by atoms with Crippen LogP contribution >= 0.6 is 0 Å². The molecular formula is C18H26O3. The number of ether oxygens (including phenoxy) is 2. The summed E-state index contributed by atoms with van der Waals surface area (Å²) in [7, 11) is 0. The van der Waals surface area contributed by atoms with Gasteiger partial charge in [0.05, 0.1) is 6.61 Å². The smallest absolute Gasteiger partial charge is 0.338 e. The Morgan fingerprint density at radius 3 is 2.52 bits per heavy atom. The highest BCUT2D eigenvalue weighted by molar-refractivity contribution is 5.80. The molecule has 0 aromatic heterocycles. The van der Waals surface area contributed by atoms with E-state index < -0.39 is 11.7 Å². The molecule has 3 nitrogen and oxygen atoms in total. The van der Waals surface area contributed by atoms with E-state index in [1.165, 1.54) is 18.4 Å². The Morgan fingerprint density at radius 2 is 1.90 bits per heavy atom. The Bertz CT molecular complexity index is 466. The predicted octanol–water partition coefficient (Wildman–Crippen LogP) is 4.12. The van der Waals surface area contributed by atoms with Gasteiger partial charge in [0, 0.05) is 0 Å². The number of unbranched alkanes of at least 4 members (excludes halogenated alkanes) is 3. The summed E-state index contributed by atoms with van der Waals surface area (Å²) in [5.74, 6) is -0.214. The molecule has 21 heavy (non-hydrogen) atoms. The highest BCUT2D eigenvalue weighted by Crippen LogP contribution is 2.49. The number of epoxide rings is 1. The van der Waals surface area contributed by atoms with Crippen LogP contribution in [-0.4, -0.2) is 18.7 Å². The number of hydrogen-bond donors (Lipinski definition) is 0. The molecule has 1 aliphatic heterocycles. The minimum Gasteiger partial charge on any atom is -0.464 e. The van der Waals surface area contributed by atoms with Gasteiger partial charge in [-0.15, -0.1) is 0 Å². The van der Waals surface area contributed by atoms with Gasteiger partial charge >= 0.3 is 5.97 Å². The first-order valence-electron chi connectivity index (χ1n) is 8.05. The van der Waals surface area contributed by atoms with E-state index in [1.54, 1.807) is 0 Å². The van der Waals surface area contributed by atoms with Crippen LogP contribution in [-0.2, 0) is 19.9 Å². The summed E-state index contributed by atoms with van der Waals surface area (Å²) in [5.41, 5.74) is 1.82. The van der Waals surface area contributed by atoms with Gasteiger partial charge in [0.25, 0.3) is 0 Å². The molecule has 3 heteroatoms. The van der Waals surface area contributed by atoms with Crippen LogP contribution < -0.4 is 0 Å². The van der Waals surface area contributed by atoms with E-state index in [4.69, 9.17) is 9.47 Å². The first-order valence-corrected chi connectivity index (χ1v) is 8.05. The van der Waals surface area contributed by atoms with Gasteiger partial charge in [-0.25, -0.2) is 4.79 Å². The fourth-order valence-corrected chi connectivity index (χ4v) is 2.72. The summed E-state index contributed by atoms with van der Waals surface area (Å²) < 4.78 is 11.1. The third-order valence-electron chi connectivity index (χ3n) is 4.22. The van der Waals surface area contributed by atoms with E-state index in [9.17, 15) is 4.79 Å². The molecule has 1 fully saturated rings. The molecular weight excluding hydrogens is 264 g/mol. The average molecular weight is 290 g/mol. The highest BCUT2D eigenvalue weighted by atomic mass is 16.7. The number of esters is 1. The van der Waals surface area contributed by atoms with Gasteiger partial charge in [0.2, 0.25) is 0 Å². The Morgan fingerprint density at radius 1 is 1.19 bits per heavy atom. The molecule has 0 radical (unpaired) electrons. The first-order chi connectivity index (χ1) is 10.1. The van der Waals surface area contributed by atoms with Crippen LogP contribution in [0.5, 0.6) is 0 Å². The van der Waals surface area contributed by atoms with Crippen molar-refractivity contribution in [3.05, 3.63) is 35.4 Å². The molecule has 0 saturated carbocycles. The molecule has 1 aliphatic rings. The number of carbonyl (C=O) groups is 1. The van der Waals surface area contributed by atoms with Crippen molar-refractivity contribution in [1.82, 2.24) is 0 Å². The van der Waals surface area contributed by atoms with Crippen molar-refractivity contribution in [2.24, 2.45) is 0 Å². The third kappa shape index (κ3) is 3.65. The molecule has 1 aromatic carbocycles. The number of rotatable bonds is 8. The minimum atomic E-state index is -0.464. The fourth-order valence-electron chi connectivity index (χ4n) is 2.72. The zero-order chi connectivity index (χ0) is 15.3. The molecule has 0 amide bonds. The molecule has 2 atom stereocenters. The summed E-state index contributed by atoms with van der Waals surface area (Å²) in [6.07, 6.45) is 4.79. The van der Waals surface area contributed by atoms with Crippen molar-refractivity contribution < 1.29 is 14.3 Å². The SMILES string of the molecule is CCCCCCOC(=O)C1OC1(CC)c1ccc(C)cc1. The van der Waals surface area contributed by atoms with Crippen molar-refractivity contribution in [1.29, 1.82) is 0 Å². The van der Waals surface area contributed by atoms with Crippen molar-refractivity contribution in [2.75, 3.05) is 6.61 Å². The van der Waals surface area contributed by atoms with Crippen LogP contribution in [0.2, 0.25) is 0 Å². The average Bonchev–Trinajstić information content (AvgIpc) is 3.24. The molecule has 2 unspecified atom stereocenters. The van der Waals surface area contributed by atoms with Gasteiger partial charge < -0.3 is 9.47 Å². The van der Waals surface area contributed by atoms with E-state index in [0.717, 1.165) is 24.8 Å². The monoisotopic (exact) mass is 290 g/mol. The Hall–Kier alpha value is -1.35. The second kappa shape index (κ2) is 7.08. The maximum absolute atomic E-state index is 12.1. The quantitative estimate of drug-likeness (QED) is 0.410. The summed E-state index contributed by atoms with van der Waals surface area (Å²) in [4.78, 5) is 12.1. The van der Waals surface area contributed by atoms with Crippen LogP contribution in [0.15, 0.2) is 24.3 Å². The maximum Gasteiger partial charge on any atom is 0.338 e. The molecule has 0 aliphatic carbocycles. The van der Waals surface area contributed by atoms with Crippen LogP contribution in [0.25, 0.3) is 0 Å². The molecule has 2 rings (SSSR count). The van der Waals surface area contributed by atoms with Crippen molar-refractivity contribution >= 4 is 5.97 Å². The van der Waals surface area contributed by atoms with Gasteiger partial charge in [-0.05, 0) is 25.3 Å². The highest BCUT2D eigenvalue weighted by Gasteiger charge is 2.61. The Balaban J connectivity index is 1.87. The standard InChI is InChI=1S/C18H26O3/c1-4-6-7-8-13-20-17(19)16-18(5-2,21-16)15-11-9-14(3)10-12-15/h9-12,16H,4-8,13H2,1-3H3. The second-order valence-corrected chi connectivity index (χ2v) is 5.84. The van der Waals surface area contributed by atoms with Gasteiger partial charge in [0.15, 0.2) is 6.10 Å². The largest absolute Gasteiger partial charge is 0.464 e. The summed E-state index contributed by atoms with van der Waals surface area (Å²) in [6, 6.07) is 8.21. The first kappa shape index (κ1) is 16.0. The number of aryl methyl sites for hydroxylation is 1. The molecule has 0 spiro atoms. The fraction of sp³-hybridized carbons (Fsp3) is 0.611. The molecule has 1 aromatic rings. The normalized spacial score (nSPS) is 23.9. The van der Waals surface area contributed by atoms with Gasteiger partial charge in [-0.3, -0.25) is 0 Å². The Labute approximate surface area is 127 Å². The van der Waals surface area contributed by atoms with Gasteiger partial charge in [0.1, 0.15) is 5.60 Å². The summed E-state index contributed by atoms with van der Waals surface area (Å²) in [6.45, 7) is 6.78. The molecule has 0 N–H and O–H groups in total. The van der Waals surface area contributed by atoms with E-state index >= 15 is 0 Å². The van der Waals surface area contributed by atoms with E-state index in [0.29, 0.717) is 6.61 Å². The maximum atomic E-state index is 12.1. The third-order valence-corrected chi connectivity index (χ3v) is 4.22. The van der Waals surface area contributed by atoms with Crippen LogP contribution in [0.1, 0.15) is 57.1 Å². The summed E-state index contributed by atoms with van der Waals surface area (Å²) >= 11 is 0. The Kier molecular flexibility index (Phi) is 5.40. The lowest BCUT2D eigenvalue weighted by Gasteiger charge is -2.11. The second-order valence-electron chi connectivity index (χ2n) is 5.84. The summed E-state index contributed by atoms with van der Waals surface area (Å²) in [5, 5.41) is 0. The van der Waals surface area contributed by atoms with Crippen molar-refractivity contribution in [3.8, 4) is 0 Å². The van der Waals surface area contributed by atoms with E-state index in [2.05, 4.69) is 26.0 Å². The molecule has 1 heterocycles. The molecule has 116 valence electrons. The number of hydrogen-bond acceptors (Lipinski definition) is 3. The van der Waals surface area contributed by atoms with Crippen molar-refractivity contribution in [2.45, 2.75) is 64.6 Å². The minimum absolute atomic E-state index is 0.214.